The van der Waals surface area contributed by atoms with E-state index in [1.807, 2.05) is 4.72 Å². The standard InChI is InChI=1S/C8H15NO7S/c1-15-7(11)3-4-17(13,14)9-6(5-10)8(12)16-2/h6,9-10H,3-5H2,1-2H3. The SMILES string of the molecule is COC(=O)CCS(=O)(=O)NC(CO)C(=O)OC. The summed E-state index contributed by atoms with van der Waals surface area (Å²) in [4.78, 5) is 21.8. The van der Waals surface area contributed by atoms with Crippen molar-refractivity contribution in [3.8, 4) is 0 Å². The van der Waals surface area contributed by atoms with Gasteiger partial charge < -0.3 is 14.6 Å². The molecule has 17 heavy (non-hydrogen) atoms. The third-order valence-corrected chi connectivity index (χ3v) is 3.18. The summed E-state index contributed by atoms with van der Waals surface area (Å²) in [5, 5.41) is 8.80. The lowest BCUT2D eigenvalue weighted by molar-refractivity contribution is -0.143. The monoisotopic (exact) mass is 269 g/mol. The van der Waals surface area contributed by atoms with Crippen molar-refractivity contribution < 1.29 is 32.6 Å². The molecule has 0 aromatic rings. The van der Waals surface area contributed by atoms with Crippen molar-refractivity contribution in [2.45, 2.75) is 12.5 Å². The summed E-state index contributed by atoms with van der Waals surface area (Å²) < 4.78 is 33.3. The van der Waals surface area contributed by atoms with Crippen molar-refractivity contribution in [2.75, 3.05) is 26.6 Å². The summed E-state index contributed by atoms with van der Waals surface area (Å²) in [7, 11) is -1.67. The van der Waals surface area contributed by atoms with Gasteiger partial charge >= 0.3 is 11.9 Å². The van der Waals surface area contributed by atoms with Gasteiger partial charge in [0.25, 0.3) is 0 Å². The van der Waals surface area contributed by atoms with E-state index in [9.17, 15) is 18.0 Å². The zero-order valence-electron chi connectivity index (χ0n) is 9.50. The van der Waals surface area contributed by atoms with Crippen LogP contribution in [0, 0.1) is 0 Å². The molecule has 0 rings (SSSR count). The molecule has 2 N–H and O–H groups in total. The molecule has 0 aromatic heterocycles. The average Bonchev–Trinajstić information content (AvgIpc) is 2.32. The van der Waals surface area contributed by atoms with Crippen LogP contribution in [-0.2, 0) is 29.1 Å². The van der Waals surface area contributed by atoms with Gasteiger partial charge in [-0.05, 0) is 0 Å². The van der Waals surface area contributed by atoms with Crippen LogP contribution in [0.15, 0.2) is 0 Å². The summed E-state index contributed by atoms with van der Waals surface area (Å²) >= 11 is 0. The smallest absolute Gasteiger partial charge is 0.326 e. The number of hydrogen-bond acceptors (Lipinski definition) is 7. The molecule has 0 aliphatic rings. The highest BCUT2D eigenvalue weighted by molar-refractivity contribution is 7.89. The predicted octanol–water partition coefficient (Wildman–Crippen LogP) is -2.00. The van der Waals surface area contributed by atoms with Gasteiger partial charge in [-0.2, -0.15) is 4.72 Å². The number of carbonyl (C=O) groups is 2. The molecule has 1 atom stereocenters. The minimum atomic E-state index is -3.86. The molecule has 0 amide bonds. The first-order chi connectivity index (χ1) is 7.86. The lowest BCUT2D eigenvalue weighted by atomic mass is 10.3. The molecule has 0 aliphatic heterocycles. The van der Waals surface area contributed by atoms with Gasteiger partial charge in [-0.1, -0.05) is 0 Å². The van der Waals surface area contributed by atoms with E-state index in [1.54, 1.807) is 0 Å². The summed E-state index contributed by atoms with van der Waals surface area (Å²) in [6, 6.07) is -1.37. The molecule has 0 saturated carbocycles. The Hall–Kier alpha value is -1.19. The van der Waals surface area contributed by atoms with Gasteiger partial charge in [0.15, 0.2) is 0 Å². The first kappa shape index (κ1) is 15.8. The van der Waals surface area contributed by atoms with Gasteiger partial charge in [0.05, 0.1) is 33.0 Å². The van der Waals surface area contributed by atoms with E-state index < -0.39 is 40.4 Å². The average molecular weight is 269 g/mol. The van der Waals surface area contributed by atoms with Gasteiger partial charge in [-0.3, -0.25) is 9.59 Å². The van der Waals surface area contributed by atoms with Gasteiger partial charge in [-0.25, -0.2) is 8.42 Å². The maximum Gasteiger partial charge on any atom is 0.326 e. The zero-order valence-corrected chi connectivity index (χ0v) is 10.3. The summed E-state index contributed by atoms with van der Waals surface area (Å²) in [6.45, 7) is -0.732. The van der Waals surface area contributed by atoms with Crippen molar-refractivity contribution in [2.24, 2.45) is 0 Å². The summed E-state index contributed by atoms with van der Waals surface area (Å²) in [5.41, 5.74) is 0. The van der Waals surface area contributed by atoms with E-state index in [0.29, 0.717) is 0 Å². The third-order valence-electron chi connectivity index (χ3n) is 1.79. The van der Waals surface area contributed by atoms with Crippen molar-refractivity contribution in [3.05, 3.63) is 0 Å². The van der Waals surface area contributed by atoms with Crippen LogP contribution in [0.3, 0.4) is 0 Å². The van der Waals surface area contributed by atoms with Gasteiger partial charge in [0.2, 0.25) is 10.0 Å². The Bertz CT molecular complexity index is 364. The van der Waals surface area contributed by atoms with Crippen molar-refractivity contribution in [3.63, 3.8) is 0 Å². The molecule has 0 saturated heterocycles. The molecular formula is C8H15NO7S. The van der Waals surface area contributed by atoms with Crippen LogP contribution in [0.1, 0.15) is 6.42 Å². The fourth-order valence-electron chi connectivity index (χ4n) is 0.898. The second-order valence-electron chi connectivity index (χ2n) is 3.02. The first-order valence-electron chi connectivity index (χ1n) is 4.61. The van der Waals surface area contributed by atoms with E-state index in [0.717, 1.165) is 14.2 Å². The second-order valence-corrected chi connectivity index (χ2v) is 4.89. The maximum atomic E-state index is 11.4. The predicted molar refractivity (Wildman–Crippen MR) is 56.4 cm³/mol. The highest BCUT2D eigenvalue weighted by Gasteiger charge is 2.24. The third kappa shape index (κ3) is 6.19. The quantitative estimate of drug-likeness (QED) is 0.513. The number of nitrogens with one attached hydrogen (secondary N) is 1. The molecule has 8 nitrogen and oxygen atoms in total. The van der Waals surface area contributed by atoms with Crippen LogP contribution in [0.2, 0.25) is 0 Å². The fourth-order valence-corrected chi connectivity index (χ4v) is 2.06. The molecule has 1 unspecified atom stereocenters. The van der Waals surface area contributed by atoms with Crippen molar-refractivity contribution >= 4 is 22.0 Å². The van der Waals surface area contributed by atoms with Gasteiger partial charge in [0, 0.05) is 0 Å². The number of carbonyl (C=O) groups excluding carboxylic acids is 2. The van der Waals surface area contributed by atoms with Crippen LogP contribution < -0.4 is 4.72 Å². The Balaban J connectivity index is 4.42. The lowest BCUT2D eigenvalue weighted by Gasteiger charge is -2.13. The van der Waals surface area contributed by atoms with Crippen molar-refractivity contribution in [1.29, 1.82) is 0 Å². The van der Waals surface area contributed by atoms with Crippen LogP contribution in [0.5, 0.6) is 0 Å². The van der Waals surface area contributed by atoms with Crippen LogP contribution in [0.25, 0.3) is 0 Å². The van der Waals surface area contributed by atoms with Gasteiger partial charge in [0.1, 0.15) is 6.04 Å². The Morgan fingerprint density at radius 1 is 1.29 bits per heavy atom. The van der Waals surface area contributed by atoms with E-state index in [1.165, 1.54) is 0 Å². The van der Waals surface area contributed by atoms with E-state index in [-0.39, 0.29) is 6.42 Å². The normalized spacial score (nSPS) is 12.9. The molecule has 9 heteroatoms. The molecule has 0 spiro atoms. The molecule has 0 bridgehead atoms. The second kappa shape index (κ2) is 7.20. The summed E-state index contributed by atoms with van der Waals surface area (Å²) in [6.07, 6.45) is -0.342. The number of hydrogen-bond donors (Lipinski definition) is 2. The Kier molecular flexibility index (Phi) is 6.69. The number of rotatable bonds is 7. The van der Waals surface area contributed by atoms with Crippen LogP contribution in [0.4, 0.5) is 0 Å². The highest BCUT2D eigenvalue weighted by Crippen LogP contribution is 1.96. The highest BCUT2D eigenvalue weighted by atomic mass is 32.2. The fraction of sp³-hybridized carbons (Fsp3) is 0.750. The molecular weight excluding hydrogens is 254 g/mol. The van der Waals surface area contributed by atoms with E-state index >= 15 is 0 Å². The molecule has 0 heterocycles. The number of aliphatic hydroxyl groups excluding tert-OH is 1. The van der Waals surface area contributed by atoms with Crippen molar-refractivity contribution in [1.82, 2.24) is 4.72 Å². The van der Waals surface area contributed by atoms with Gasteiger partial charge in [-0.15, -0.1) is 0 Å². The first-order valence-corrected chi connectivity index (χ1v) is 6.27. The largest absolute Gasteiger partial charge is 0.469 e. The van der Waals surface area contributed by atoms with E-state index in [2.05, 4.69) is 9.47 Å². The maximum absolute atomic E-state index is 11.4. The molecule has 0 fully saturated rings. The topological polar surface area (TPSA) is 119 Å². The Morgan fingerprint density at radius 2 is 1.88 bits per heavy atom. The number of sulfonamides is 1. The number of methoxy groups -OCH3 is 2. The minimum absolute atomic E-state index is 0.342. The van der Waals surface area contributed by atoms with E-state index in [4.69, 9.17) is 5.11 Å². The van der Waals surface area contributed by atoms with Crippen LogP contribution >= 0.6 is 0 Å². The lowest BCUT2D eigenvalue weighted by Crippen LogP contribution is -2.45. The summed E-state index contributed by atoms with van der Waals surface area (Å²) in [5.74, 6) is -2.13. The molecule has 100 valence electrons. The minimum Gasteiger partial charge on any atom is -0.469 e. The van der Waals surface area contributed by atoms with Crippen LogP contribution in [-0.4, -0.2) is 58.1 Å². The Morgan fingerprint density at radius 3 is 2.29 bits per heavy atom. The molecule has 0 aromatic carbocycles. The molecule has 0 aliphatic carbocycles. The number of ether oxygens (including phenoxy) is 2. The Labute approximate surface area is 98.9 Å². The molecule has 0 radical (unpaired) electrons. The zero-order chi connectivity index (χ0) is 13.5. The number of esters is 2. The number of aliphatic hydroxyl groups is 1.